The zero-order valence-electron chi connectivity index (χ0n) is 3.96. The molecule has 2 atom stereocenters. The first-order valence-electron chi connectivity index (χ1n) is 1.95. The van der Waals surface area contributed by atoms with Crippen molar-refractivity contribution in [3.63, 3.8) is 0 Å². The third-order valence-electron chi connectivity index (χ3n) is 0.533. The molecule has 0 saturated heterocycles. The molecule has 0 radical (unpaired) electrons. The van der Waals surface area contributed by atoms with Gasteiger partial charge < -0.3 is 10.2 Å². The molecule has 0 aliphatic carbocycles. The summed E-state index contributed by atoms with van der Waals surface area (Å²) in [4.78, 5) is -0.229. The monoisotopic (exact) mass is 244 g/mol. The van der Waals surface area contributed by atoms with E-state index in [9.17, 15) is 0 Å². The van der Waals surface area contributed by atoms with E-state index in [1.54, 1.807) is 0 Å². The molecule has 0 fully saturated rings. The molecule has 0 aliphatic heterocycles. The summed E-state index contributed by atoms with van der Waals surface area (Å²) in [5, 5.41) is 16.2. The van der Waals surface area contributed by atoms with E-state index in [4.69, 9.17) is 10.2 Å². The second kappa shape index (κ2) is 4.35. The molecular formula is C4H6Br2O2. The van der Waals surface area contributed by atoms with Crippen LogP contribution in [0.1, 0.15) is 0 Å². The van der Waals surface area contributed by atoms with Crippen molar-refractivity contribution in [2.45, 2.75) is 9.84 Å². The molecule has 0 aromatic carbocycles. The molecule has 0 bridgehead atoms. The van der Waals surface area contributed by atoms with Crippen LogP contribution in [0.4, 0.5) is 0 Å². The maximum Gasteiger partial charge on any atom is 0.125 e. The molecule has 0 amide bonds. The van der Waals surface area contributed by atoms with E-state index in [0.717, 1.165) is 6.26 Å². The minimum atomic E-state index is -0.647. The fourth-order valence-corrected chi connectivity index (χ4v) is 0.487. The molecule has 0 aliphatic rings. The van der Waals surface area contributed by atoms with Crippen molar-refractivity contribution in [1.29, 1.82) is 0 Å². The van der Waals surface area contributed by atoms with Gasteiger partial charge in [0.1, 0.15) is 5.01 Å². The fraction of sp³-hybridized carbons (Fsp3) is 0.500. The third kappa shape index (κ3) is 3.46. The van der Waals surface area contributed by atoms with Gasteiger partial charge in [0.05, 0.1) is 11.1 Å². The van der Waals surface area contributed by atoms with Crippen LogP contribution in [0.25, 0.3) is 0 Å². The molecule has 2 N–H and O–H groups in total. The van der Waals surface area contributed by atoms with Crippen LogP contribution in [-0.4, -0.2) is 20.1 Å². The van der Waals surface area contributed by atoms with Crippen molar-refractivity contribution in [1.82, 2.24) is 0 Å². The number of aliphatic hydroxyl groups excluding tert-OH is 2. The average Bonchev–Trinajstić information content (AvgIpc) is 1.67. The van der Waals surface area contributed by atoms with Gasteiger partial charge in [0.2, 0.25) is 0 Å². The van der Waals surface area contributed by atoms with E-state index in [1.807, 2.05) is 0 Å². The summed E-state index contributed by atoms with van der Waals surface area (Å²) < 4.78 is 0. The Bertz CT molecular complexity index is 82.1. The lowest BCUT2D eigenvalue weighted by Gasteiger charge is -2.02. The Morgan fingerprint density at radius 1 is 1.38 bits per heavy atom. The van der Waals surface area contributed by atoms with Crippen molar-refractivity contribution in [2.75, 3.05) is 0 Å². The summed E-state index contributed by atoms with van der Waals surface area (Å²) >= 11 is 5.95. The van der Waals surface area contributed by atoms with Crippen LogP contribution in [-0.2, 0) is 0 Å². The summed E-state index contributed by atoms with van der Waals surface area (Å²) in [5.41, 5.74) is 0. The molecule has 48 valence electrons. The molecule has 8 heavy (non-hydrogen) atoms. The molecular weight excluding hydrogens is 240 g/mol. The van der Waals surface area contributed by atoms with E-state index < -0.39 is 5.01 Å². The van der Waals surface area contributed by atoms with Gasteiger partial charge in [-0.3, -0.25) is 0 Å². The first-order chi connectivity index (χ1) is 3.68. The molecule has 0 aromatic rings. The fourth-order valence-electron chi connectivity index (χ4n) is 0.174. The summed E-state index contributed by atoms with van der Waals surface area (Å²) in [6, 6.07) is 0. The minimum Gasteiger partial charge on any atom is -0.516 e. The minimum absolute atomic E-state index is 0.229. The summed E-state index contributed by atoms with van der Waals surface area (Å²) in [6.07, 6.45) is 2.29. The van der Waals surface area contributed by atoms with Gasteiger partial charge in [0.25, 0.3) is 0 Å². The van der Waals surface area contributed by atoms with Gasteiger partial charge in [-0.1, -0.05) is 31.9 Å². The average molecular weight is 246 g/mol. The molecule has 2 nitrogen and oxygen atoms in total. The lowest BCUT2D eigenvalue weighted by Crippen LogP contribution is -2.08. The number of alkyl halides is 2. The Balaban J connectivity index is 3.47. The maximum atomic E-state index is 8.66. The molecule has 0 saturated carbocycles. The second-order valence-electron chi connectivity index (χ2n) is 1.16. The number of hydrogen-bond donors (Lipinski definition) is 2. The Hall–Kier alpha value is 0.460. The SMILES string of the molecule is OC=CC(Br)C(O)Br. The van der Waals surface area contributed by atoms with Gasteiger partial charge >= 0.3 is 0 Å². The van der Waals surface area contributed by atoms with Crippen molar-refractivity contribution in [3.8, 4) is 0 Å². The van der Waals surface area contributed by atoms with E-state index in [0.29, 0.717) is 0 Å². The van der Waals surface area contributed by atoms with E-state index in [-0.39, 0.29) is 4.83 Å². The van der Waals surface area contributed by atoms with Gasteiger partial charge in [-0.15, -0.1) is 0 Å². The van der Waals surface area contributed by atoms with Crippen LogP contribution in [0.5, 0.6) is 0 Å². The highest BCUT2D eigenvalue weighted by Gasteiger charge is 2.06. The molecule has 0 aromatic heterocycles. The molecule has 2 unspecified atom stereocenters. The first kappa shape index (κ1) is 8.46. The summed E-state index contributed by atoms with van der Waals surface area (Å²) in [6.45, 7) is 0. The van der Waals surface area contributed by atoms with Crippen LogP contribution < -0.4 is 0 Å². The maximum absolute atomic E-state index is 8.66. The highest BCUT2D eigenvalue weighted by Crippen LogP contribution is 2.11. The largest absolute Gasteiger partial charge is 0.516 e. The zero-order chi connectivity index (χ0) is 6.57. The topological polar surface area (TPSA) is 40.5 Å². The van der Waals surface area contributed by atoms with Gasteiger partial charge in [-0.05, 0) is 6.08 Å². The van der Waals surface area contributed by atoms with Gasteiger partial charge in [0, 0.05) is 0 Å². The third-order valence-corrected chi connectivity index (χ3v) is 2.62. The lowest BCUT2D eigenvalue weighted by atomic mass is 10.4. The van der Waals surface area contributed by atoms with Crippen LogP contribution in [0, 0.1) is 0 Å². The van der Waals surface area contributed by atoms with E-state index >= 15 is 0 Å². The van der Waals surface area contributed by atoms with E-state index in [2.05, 4.69) is 31.9 Å². The van der Waals surface area contributed by atoms with Gasteiger partial charge in [-0.25, -0.2) is 0 Å². The van der Waals surface area contributed by atoms with Crippen LogP contribution in [0.2, 0.25) is 0 Å². The Morgan fingerprint density at radius 3 is 2.00 bits per heavy atom. The molecule has 0 spiro atoms. The predicted octanol–water partition coefficient (Wildman–Crippen LogP) is 1.53. The standard InChI is InChI=1S/C4H6Br2O2/c5-3(1-2-7)4(6)8/h1-4,7-8H. The second-order valence-corrected chi connectivity index (χ2v) is 3.15. The van der Waals surface area contributed by atoms with Crippen LogP contribution >= 0.6 is 31.9 Å². The Morgan fingerprint density at radius 2 is 1.88 bits per heavy atom. The molecule has 0 rings (SSSR count). The van der Waals surface area contributed by atoms with Crippen molar-refractivity contribution >= 4 is 31.9 Å². The van der Waals surface area contributed by atoms with Crippen LogP contribution in [0.3, 0.4) is 0 Å². The number of rotatable bonds is 2. The number of aliphatic hydroxyl groups is 2. The first-order valence-corrected chi connectivity index (χ1v) is 3.78. The number of hydrogen-bond acceptors (Lipinski definition) is 2. The van der Waals surface area contributed by atoms with Gasteiger partial charge in [-0.2, -0.15) is 0 Å². The summed E-state index contributed by atoms with van der Waals surface area (Å²) in [5.74, 6) is 0. The quantitative estimate of drug-likeness (QED) is 0.573. The highest BCUT2D eigenvalue weighted by atomic mass is 79.9. The van der Waals surface area contributed by atoms with Crippen molar-refractivity contribution < 1.29 is 10.2 Å². The van der Waals surface area contributed by atoms with Crippen molar-refractivity contribution in [3.05, 3.63) is 12.3 Å². The van der Waals surface area contributed by atoms with Crippen LogP contribution in [0.15, 0.2) is 12.3 Å². The molecule has 4 heteroatoms. The lowest BCUT2D eigenvalue weighted by molar-refractivity contribution is 0.279. The smallest absolute Gasteiger partial charge is 0.125 e. The van der Waals surface area contributed by atoms with E-state index in [1.165, 1.54) is 6.08 Å². The molecule has 0 heterocycles. The normalized spacial score (nSPS) is 18.9. The summed E-state index contributed by atoms with van der Waals surface area (Å²) in [7, 11) is 0. The van der Waals surface area contributed by atoms with Gasteiger partial charge in [0.15, 0.2) is 0 Å². The van der Waals surface area contributed by atoms with Crippen molar-refractivity contribution in [2.24, 2.45) is 0 Å². The zero-order valence-corrected chi connectivity index (χ0v) is 7.13. The number of halogens is 2. The highest BCUT2D eigenvalue weighted by molar-refractivity contribution is 9.12. The Labute approximate surface area is 64.5 Å². The predicted molar refractivity (Wildman–Crippen MR) is 39.4 cm³/mol. The Kier molecular flexibility index (Phi) is 4.60.